The van der Waals surface area contributed by atoms with Gasteiger partial charge in [-0.05, 0) is 30.0 Å². The lowest BCUT2D eigenvalue weighted by molar-refractivity contribution is -0.119. The molecule has 0 saturated carbocycles. The van der Waals surface area contributed by atoms with Gasteiger partial charge in [-0.2, -0.15) is 5.10 Å². The van der Waals surface area contributed by atoms with Gasteiger partial charge in [0, 0.05) is 57.9 Å². The highest BCUT2D eigenvalue weighted by Gasteiger charge is 2.22. The highest BCUT2D eigenvalue weighted by atomic mass is 16.2. The van der Waals surface area contributed by atoms with Gasteiger partial charge in [0.25, 0.3) is 11.5 Å². The molecule has 1 aliphatic rings. The number of hydrogen-bond donors (Lipinski definition) is 1. The summed E-state index contributed by atoms with van der Waals surface area (Å²) < 4.78 is 1.17. The molecule has 2 aromatic rings. The first-order chi connectivity index (χ1) is 14.9. The molecule has 3 rings (SSSR count). The number of aryl methyl sites for hydroxylation is 1. The number of para-hydroxylation sites is 1. The molecule has 1 N–H and O–H groups in total. The van der Waals surface area contributed by atoms with Gasteiger partial charge in [-0.15, -0.1) is 0 Å². The molecule has 1 aromatic carbocycles. The molecule has 2 heterocycles. The summed E-state index contributed by atoms with van der Waals surface area (Å²) in [6, 6.07) is 10.8. The van der Waals surface area contributed by atoms with Crippen molar-refractivity contribution in [1.29, 1.82) is 0 Å². The summed E-state index contributed by atoms with van der Waals surface area (Å²) in [7, 11) is 1.53. The molecule has 0 atom stereocenters. The molecule has 31 heavy (non-hydrogen) atoms. The van der Waals surface area contributed by atoms with Crippen LogP contribution in [0.4, 0.5) is 5.69 Å². The normalized spacial score (nSPS) is 15.4. The third-order valence-electron chi connectivity index (χ3n) is 5.32. The molecule has 0 radical (unpaired) electrons. The molecule has 0 saturated heterocycles. The fraction of sp³-hybridized carbons (Fsp3) is 0.478. The average molecular weight is 426 g/mol. The van der Waals surface area contributed by atoms with Crippen LogP contribution in [0.15, 0.2) is 41.2 Å². The Kier molecular flexibility index (Phi) is 7.57. The van der Waals surface area contributed by atoms with Crippen LogP contribution in [0.25, 0.3) is 0 Å². The van der Waals surface area contributed by atoms with E-state index in [2.05, 4.69) is 10.4 Å². The Hall–Kier alpha value is -3.00. The Labute approximate surface area is 182 Å². The number of hydrogen-bond acceptors (Lipinski definition) is 5. The second kappa shape index (κ2) is 10.3. The van der Waals surface area contributed by atoms with Gasteiger partial charge in [-0.3, -0.25) is 14.4 Å². The van der Waals surface area contributed by atoms with Crippen LogP contribution in [0, 0.1) is 5.92 Å². The molecule has 8 heteroatoms. The number of aromatic nitrogens is 2. The number of fused-ring (bicyclic) bond motifs is 1. The summed E-state index contributed by atoms with van der Waals surface area (Å²) in [6.45, 7) is 6.86. The van der Waals surface area contributed by atoms with Gasteiger partial charge in [-0.25, -0.2) is 4.68 Å². The maximum Gasteiger partial charge on any atom is 0.274 e. The first-order valence-corrected chi connectivity index (χ1v) is 10.8. The van der Waals surface area contributed by atoms with Crippen LogP contribution in [0.3, 0.4) is 0 Å². The van der Waals surface area contributed by atoms with E-state index in [1.54, 1.807) is 4.90 Å². The fourth-order valence-electron chi connectivity index (χ4n) is 3.71. The van der Waals surface area contributed by atoms with Crippen LogP contribution in [-0.2, 0) is 18.4 Å². The highest BCUT2D eigenvalue weighted by molar-refractivity contribution is 5.94. The molecule has 2 amide bonds. The summed E-state index contributed by atoms with van der Waals surface area (Å²) in [5.41, 5.74) is 1.99. The van der Waals surface area contributed by atoms with Crippen molar-refractivity contribution in [3.63, 3.8) is 0 Å². The molecule has 166 valence electrons. The van der Waals surface area contributed by atoms with Crippen molar-refractivity contribution < 1.29 is 9.59 Å². The zero-order valence-corrected chi connectivity index (χ0v) is 18.5. The number of carbonyl (C=O) groups excluding carboxylic acids is 2. The molecular weight excluding hydrogens is 394 g/mol. The summed E-state index contributed by atoms with van der Waals surface area (Å²) in [6.07, 6.45) is 1.13. The number of carbonyl (C=O) groups is 2. The lowest BCUT2D eigenvalue weighted by atomic mass is 10.1. The first kappa shape index (κ1) is 22.7. The smallest absolute Gasteiger partial charge is 0.274 e. The minimum Gasteiger partial charge on any atom is -0.336 e. The van der Waals surface area contributed by atoms with Crippen molar-refractivity contribution in [3.05, 3.63) is 58.0 Å². The lowest BCUT2D eigenvalue weighted by Gasteiger charge is -2.27. The quantitative estimate of drug-likeness (QED) is 0.810. The molecule has 1 aromatic heterocycles. The number of nitrogens with one attached hydrogen (secondary N) is 1. The van der Waals surface area contributed by atoms with E-state index in [0.717, 1.165) is 11.3 Å². The Morgan fingerprint density at radius 1 is 1.10 bits per heavy atom. The van der Waals surface area contributed by atoms with Crippen molar-refractivity contribution in [3.8, 4) is 0 Å². The Morgan fingerprint density at radius 3 is 2.61 bits per heavy atom. The second-order valence-corrected chi connectivity index (χ2v) is 8.28. The topological polar surface area (TPSA) is 87.5 Å². The van der Waals surface area contributed by atoms with Gasteiger partial charge in [0.15, 0.2) is 0 Å². The molecule has 0 unspecified atom stereocenters. The number of rotatable bonds is 3. The van der Waals surface area contributed by atoms with Gasteiger partial charge in [0.2, 0.25) is 5.91 Å². The minimum atomic E-state index is -0.257. The fourth-order valence-corrected chi connectivity index (χ4v) is 3.71. The summed E-state index contributed by atoms with van der Waals surface area (Å²) in [5.74, 6) is 0.151. The van der Waals surface area contributed by atoms with Crippen molar-refractivity contribution >= 4 is 17.5 Å². The van der Waals surface area contributed by atoms with Crippen molar-refractivity contribution in [2.45, 2.75) is 33.2 Å². The lowest BCUT2D eigenvalue weighted by Crippen LogP contribution is -2.40. The van der Waals surface area contributed by atoms with E-state index in [4.69, 9.17) is 0 Å². The van der Waals surface area contributed by atoms with E-state index in [1.807, 2.05) is 43.0 Å². The molecule has 0 bridgehead atoms. The molecular formula is C23H31N5O3. The summed E-state index contributed by atoms with van der Waals surface area (Å²) >= 11 is 0. The maximum absolute atomic E-state index is 13.0. The predicted octanol–water partition coefficient (Wildman–Crippen LogP) is 1.80. The van der Waals surface area contributed by atoms with Crippen LogP contribution >= 0.6 is 0 Å². The second-order valence-electron chi connectivity index (χ2n) is 8.28. The van der Waals surface area contributed by atoms with E-state index in [1.165, 1.54) is 23.9 Å². The third kappa shape index (κ3) is 5.79. The van der Waals surface area contributed by atoms with Crippen molar-refractivity contribution in [1.82, 2.24) is 20.0 Å². The minimum absolute atomic E-state index is 0.0966. The number of anilines is 1. The van der Waals surface area contributed by atoms with Gasteiger partial charge >= 0.3 is 0 Å². The SMILES string of the molecule is CC(C)CC(=O)N1CCCN(C(=O)c2ccc(=O)n(C)n2)CCNCc2ccccc21. The Balaban J connectivity index is 1.82. The molecule has 0 spiro atoms. The van der Waals surface area contributed by atoms with E-state index in [0.29, 0.717) is 45.6 Å². The first-order valence-electron chi connectivity index (χ1n) is 10.8. The zero-order valence-electron chi connectivity index (χ0n) is 18.5. The standard InChI is InChI=1S/C23H31N5O3/c1-17(2)15-22(30)28-13-6-12-27(23(31)19-9-10-21(29)26(3)25-19)14-11-24-16-18-7-4-5-8-20(18)28/h4-5,7-10,17,24H,6,11-16H2,1-3H3. The third-order valence-corrected chi connectivity index (χ3v) is 5.32. The van der Waals surface area contributed by atoms with E-state index in [-0.39, 0.29) is 29.0 Å². The average Bonchev–Trinajstić information content (AvgIpc) is 2.77. The Morgan fingerprint density at radius 2 is 1.87 bits per heavy atom. The van der Waals surface area contributed by atoms with Crippen molar-refractivity contribution in [2.24, 2.45) is 13.0 Å². The van der Waals surface area contributed by atoms with Gasteiger partial charge in [0.05, 0.1) is 0 Å². The summed E-state index contributed by atoms with van der Waals surface area (Å²) in [4.78, 5) is 41.2. The molecule has 0 aliphatic carbocycles. The van der Waals surface area contributed by atoms with Gasteiger partial charge < -0.3 is 15.1 Å². The molecule has 8 nitrogen and oxygen atoms in total. The largest absolute Gasteiger partial charge is 0.336 e. The van der Waals surface area contributed by atoms with Gasteiger partial charge in [0.1, 0.15) is 5.69 Å². The van der Waals surface area contributed by atoms with Crippen LogP contribution < -0.4 is 15.8 Å². The van der Waals surface area contributed by atoms with Crippen molar-refractivity contribution in [2.75, 3.05) is 31.1 Å². The highest BCUT2D eigenvalue weighted by Crippen LogP contribution is 2.23. The van der Waals surface area contributed by atoms with E-state index in [9.17, 15) is 14.4 Å². The molecule has 0 fully saturated rings. The molecule has 1 aliphatic heterocycles. The maximum atomic E-state index is 13.0. The zero-order chi connectivity index (χ0) is 22.4. The van der Waals surface area contributed by atoms with Crippen LogP contribution in [0.1, 0.15) is 42.7 Å². The monoisotopic (exact) mass is 425 g/mol. The van der Waals surface area contributed by atoms with Gasteiger partial charge in [-0.1, -0.05) is 32.0 Å². The number of nitrogens with zero attached hydrogens (tertiary/aromatic N) is 4. The van der Waals surface area contributed by atoms with E-state index < -0.39 is 0 Å². The predicted molar refractivity (Wildman–Crippen MR) is 120 cm³/mol. The Bertz CT molecular complexity index is 985. The van der Waals surface area contributed by atoms with Crippen LogP contribution in [0.5, 0.6) is 0 Å². The van der Waals surface area contributed by atoms with Crippen LogP contribution in [0.2, 0.25) is 0 Å². The summed E-state index contributed by atoms with van der Waals surface area (Å²) in [5, 5.41) is 7.49. The number of benzene rings is 1. The van der Waals surface area contributed by atoms with E-state index >= 15 is 0 Å². The van der Waals surface area contributed by atoms with Crippen LogP contribution in [-0.4, -0.2) is 52.7 Å². The number of amides is 2.